The van der Waals surface area contributed by atoms with Crippen LogP contribution in [-0.4, -0.2) is 16.6 Å². The zero-order valence-electron chi connectivity index (χ0n) is 9.76. The molecule has 0 bridgehead atoms. The molecule has 0 saturated carbocycles. The van der Waals surface area contributed by atoms with Crippen molar-refractivity contribution < 1.29 is 0 Å². The first-order valence-corrected chi connectivity index (χ1v) is 4.95. The molecular formula is C10H23N3. The minimum Gasteiger partial charge on any atom is -0.337 e. The normalized spacial score (nSPS) is 7.85. The second kappa shape index (κ2) is 11.2. The van der Waals surface area contributed by atoms with Crippen LogP contribution < -0.4 is 5.32 Å². The molecule has 0 spiro atoms. The van der Waals surface area contributed by atoms with Gasteiger partial charge in [-0.05, 0) is 7.05 Å². The van der Waals surface area contributed by atoms with E-state index in [0.29, 0.717) is 0 Å². The van der Waals surface area contributed by atoms with E-state index >= 15 is 0 Å². The van der Waals surface area contributed by atoms with Gasteiger partial charge >= 0.3 is 0 Å². The fraction of sp³-hybridized carbons (Fsp3) is 0.700. The second-order valence-corrected chi connectivity index (χ2v) is 1.98. The monoisotopic (exact) mass is 185 g/mol. The molecule has 0 aliphatic rings. The van der Waals surface area contributed by atoms with Crippen LogP contribution in [0.2, 0.25) is 0 Å². The molecule has 0 saturated heterocycles. The van der Waals surface area contributed by atoms with Gasteiger partial charge in [-0.3, -0.25) is 0 Å². The summed E-state index contributed by atoms with van der Waals surface area (Å²) in [4.78, 5) is 4.11. The van der Waals surface area contributed by atoms with Gasteiger partial charge in [-0.15, -0.1) is 0 Å². The number of imidazole rings is 1. The highest BCUT2D eigenvalue weighted by Gasteiger charge is 1.93. The Labute approximate surface area is 82.2 Å². The lowest BCUT2D eigenvalue weighted by atomic mass is 10.6. The van der Waals surface area contributed by atoms with Gasteiger partial charge < -0.3 is 9.88 Å². The van der Waals surface area contributed by atoms with Gasteiger partial charge in [0.2, 0.25) is 0 Å². The Morgan fingerprint density at radius 1 is 1.31 bits per heavy atom. The van der Waals surface area contributed by atoms with E-state index in [4.69, 9.17) is 0 Å². The molecule has 0 radical (unpaired) electrons. The zero-order chi connectivity index (χ0) is 10.7. The van der Waals surface area contributed by atoms with Crippen molar-refractivity contribution in [1.29, 1.82) is 0 Å². The maximum absolute atomic E-state index is 4.11. The van der Waals surface area contributed by atoms with Crippen molar-refractivity contribution in [2.45, 2.75) is 34.2 Å². The van der Waals surface area contributed by atoms with Crippen LogP contribution in [0.4, 0.5) is 0 Å². The van der Waals surface area contributed by atoms with Gasteiger partial charge in [0, 0.05) is 19.4 Å². The van der Waals surface area contributed by atoms with Crippen LogP contribution in [0.25, 0.3) is 0 Å². The number of hydrogen-bond donors (Lipinski definition) is 1. The lowest BCUT2D eigenvalue weighted by Crippen LogP contribution is -2.09. The molecule has 0 atom stereocenters. The zero-order valence-corrected chi connectivity index (χ0v) is 9.76. The summed E-state index contributed by atoms with van der Waals surface area (Å²) in [6, 6.07) is 0. The van der Waals surface area contributed by atoms with Crippen LogP contribution in [0.1, 0.15) is 33.5 Å². The Balaban J connectivity index is 0. The van der Waals surface area contributed by atoms with E-state index in [1.807, 2.05) is 52.6 Å². The molecule has 3 heteroatoms. The summed E-state index contributed by atoms with van der Waals surface area (Å²) in [6.45, 7) is 8.84. The molecule has 1 N–H and O–H groups in total. The third-order valence-corrected chi connectivity index (χ3v) is 1.26. The molecule has 1 aromatic heterocycles. The van der Waals surface area contributed by atoms with E-state index in [9.17, 15) is 0 Å². The van der Waals surface area contributed by atoms with Gasteiger partial charge in [0.25, 0.3) is 0 Å². The molecule has 1 rings (SSSR count). The summed E-state index contributed by atoms with van der Waals surface area (Å²) >= 11 is 0. The summed E-state index contributed by atoms with van der Waals surface area (Å²) in [5, 5.41) is 3.03. The van der Waals surface area contributed by atoms with Crippen molar-refractivity contribution in [1.82, 2.24) is 14.9 Å². The van der Waals surface area contributed by atoms with E-state index in [2.05, 4.69) is 10.3 Å². The molecule has 1 heterocycles. The molecule has 0 amide bonds. The maximum Gasteiger partial charge on any atom is 0.122 e. The molecule has 13 heavy (non-hydrogen) atoms. The third-order valence-electron chi connectivity index (χ3n) is 1.26. The summed E-state index contributed by atoms with van der Waals surface area (Å²) in [5.74, 6) is 1.07. The van der Waals surface area contributed by atoms with Crippen molar-refractivity contribution >= 4 is 0 Å². The Morgan fingerprint density at radius 2 is 1.85 bits per heavy atom. The van der Waals surface area contributed by atoms with Crippen molar-refractivity contribution in [3.05, 3.63) is 18.2 Å². The molecule has 3 nitrogen and oxygen atoms in total. The summed E-state index contributed by atoms with van der Waals surface area (Å²) in [7, 11) is 3.90. The minimum absolute atomic E-state index is 0.837. The number of nitrogens with zero attached hydrogens (tertiary/aromatic N) is 2. The second-order valence-electron chi connectivity index (χ2n) is 1.98. The summed E-state index contributed by atoms with van der Waals surface area (Å²) in [5.41, 5.74) is 0. The van der Waals surface area contributed by atoms with Gasteiger partial charge in [0.05, 0.1) is 6.54 Å². The smallest absolute Gasteiger partial charge is 0.122 e. The van der Waals surface area contributed by atoms with E-state index in [-0.39, 0.29) is 0 Å². The van der Waals surface area contributed by atoms with Gasteiger partial charge in [0.1, 0.15) is 5.82 Å². The quantitative estimate of drug-likeness (QED) is 0.765. The lowest BCUT2D eigenvalue weighted by Gasteiger charge is -1.97. The van der Waals surface area contributed by atoms with Crippen LogP contribution in [0.5, 0.6) is 0 Å². The first kappa shape index (κ1) is 14.7. The number of nitrogens with one attached hydrogen (secondary N) is 1. The molecule has 0 aliphatic carbocycles. The topological polar surface area (TPSA) is 29.9 Å². The van der Waals surface area contributed by atoms with Crippen LogP contribution in [0.3, 0.4) is 0 Å². The Kier molecular flexibility index (Phi) is 12.6. The molecule has 0 fully saturated rings. The average molecular weight is 185 g/mol. The van der Waals surface area contributed by atoms with Crippen LogP contribution in [0, 0.1) is 0 Å². The Morgan fingerprint density at radius 3 is 2.15 bits per heavy atom. The Bertz CT molecular complexity index is 182. The fourth-order valence-electron chi connectivity index (χ4n) is 0.725. The van der Waals surface area contributed by atoms with E-state index in [0.717, 1.165) is 12.4 Å². The highest BCUT2D eigenvalue weighted by atomic mass is 15.1. The summed E-state index contributed by atoms with van der Waals surface area (Å²) < 4.78 is 2.00. The van der Waals surface area contributed by atoms with Gasteiger partial charge in [0.15, 0.2) is 0 Å². The van der Waals surface area contributed by atoms with Gasteiger partial charge in [-0.25, -0.2) is 4.98 Å². The predicted octanol–water partition coefficient (Wildman–Crippen LogP) is 2.19. The number of aryl methyl sites for hydroxylation is 1. The number of hydrogen-bond acceptors (Lipinski definition) is 2. The largest absolute Gasteiger partial charge is 0.337 e. The third kappa shape index (κ3) is 6.34. The Hall–Kier alpha value is -0.830. The van der Waals surface area contributed by atoms with E-state index in [1.54, 1.807) is 6.20 Å². The molecular weight excluding hydrogens is 162 g/mol. The van der Waals surface area contributed by atoms with E-state index in [1.165, 1.54) is 0 Å². The van der Waals surface area contributed by atoms with E-state index < -0.39 is 0 Å². The van der Waals surface area contributed by atoms with Gasteiger partial charge in [-0.1, -0.05) is 27.7 Å². The SMILES string of the molecule is CC.CC.CNCc1nccn1C. The van der Waals surface area contributed by atoms with Crippen molar-refractivity contribution in [2.24, 2.45) is 7.05 Å². The van der Waals surface area contributed by atoms with Crippen LogP contribution in [0.15, 0.2) is 12.4 Å². The standard InChI is InChI=1S/C6H11N3.2C2H6/c1-7-5-6-8-3-4-9(6)2;2*1-2/h3-4,7H,5H2,1-2H3;2*1-2H3. The molecule has 0 aliphatic heterocycles. The molecule has 0 aromatic carbocycles. The highest BCUT2D eigenvalue weighted by Crippen LogP contribution is 1.90. The predicted molar refractivity (Wildman–Crippen MR) is 58.7 cm³/mol. The molecule has 0 unspecified atom stereocenters. The lowest BCUT2D eigenvalue weighted by molar-refractivity contribution is 0.709. The maximum atomic E-state index is 4.11. The molecule has 1 aromatic rings. The summed E-state index contributed by atoms with van der Waals surface area (Å²) in [6.07, 6.45) is 3.74. The fourth-order valence-corrected chi connectivity index (χ4v) is 0.725. The van der Waals surface area contributed by atoms with Crippen LogP contribution in [-0.2, 0) is 13.6 Å². The minimum atomic E-state index is 0.837. The van der Waals surface area contributed by atoms with Crippen molar-refractivity contribution in [3.63, 3.8) is 0 Å². The van der Waals surface area contributed by atoms with Crippen LogP contribution >= 0.6 is 0 Å². The first-order chi connectivity index (χ1) is 6.34. The van der Waals surface area contributed by atoms with Crippen molar-refractivity contribution in [3.8, 4) is 0 Å². The average Bonchev–Trinajstić information content (AvgIpc) is 2.60. The number of aromatic nitrogens is 2. The first-order valence-electron chi connectivity index (χ1n) is 4.95. The van der Waals surface area contributed by atoms with Crippen molar-refractivity contribution in [2.75, 3.05) is 7.05 Å². The highest BCUT2D eigenvalue weighted by molar-refractivity contribution is 4.89. The van der Waals surface area contributed by atoms with Gasteiger partial charge in [-0.2, -0.15) is 0 Å². The number of rotatable bonds is 2. The molecule has 78 valence electrons.